The van der Waals surface area contributed by atoms with E-state index in [0.717, 1.165) is 11.1 Å². The third-order valence-electron chi connectivity index (χ3n) is 2.76. The lowest BCUT2D eigenvalue weighted by molar-refractivity contribution is 0.403. The predicted octanol–water partition coefficient (Wildman–Crippen LogP) is 3.47. The molecule has 3 heteroatoms. The molecule has 2 N–H and O–H groups in total. The number of allylic oxidation sites excluding steroid dienone is 1. The van der Waals surface area contributed by atoms with Crippen LogP contribution in [0.1, 0.15) is 16.7 Å². The Morgan fingerprint density at radius 3 is 2.53 bits per heavy atom. The maximum atomic E-state index is 9.47. The number of aromatic hydroxyl groups is 2. The quantitative estimate of drug-likeness (QED) is 0.488. The summed E-state index contributed by atoms with van der Waals surface area (Å²) in [6.45, 7) is 1.98. The number of aryl methyl sites for hydroxylation is 1. The number of nitriles is 1. The summed E-state index contributed by atoms with van der Waals surface area (Å²) in [6.07, 6.45) is 1.75. The molecule has 2 aromatic rings. The maximum absolute atomic E-state index is 9.47. The standard InChI is InChI=1S/C16H13NO2/c1-11-3-2-4-12(7-11)8-14(10-17)13-5-6-15(18)16(19)9-13/h2-9,18-19H,1H3/b14-8+. The van der Waals surface area contributed by atoms with E-state index in [4.69, 9.17) is 0 Å². The van der Waals surface area contributed by atoms with Gasteiger partial charge in [0.1, 0.15) is 0 Å². The van der Waals surface area contributed by atoms with Gasteiger partial charge in [0, 0.05) is 0 Å². The molecule has 0 unspecified atom stereocenters. The largest absolute Gasteiger partial charge is 0.504 e. The minimum Gasteiger partial charge on any atom is -0.504 e. The van der Waals surface area contributed by atoms with Crippen LogP contribution in [-0.2, 0) is 0 Å². The summed E-state index contributed by atoms with van der Waals surface area (Å²) >= 11 is 0. The van der Waals surface area contributed by atoms with Crippen LogP contribution < -0.4 is 0 Å². The highest BCUT2D eigenvalue weighted by molar-refractivity contribution is 5.90. The SMILES string of the molecule is Cc1cccc(/C=C(\C#N)c2ccc(O)c(O)c2)c1. The third kappa shape index (κ3) is 2.93. The minimum atomic E-state index is -0.233. The molecule has 0 saturated heterocycles. The number of hydrogen-bond donors (Lipinski definition) is 2. The molecule has 0 aliphatic rings. The summed E-state index contributed by atoms with van der Waals surface area (Å²) < 4.78 is 0. The molecule has 2 rings (SSSR count). The minimum absolute atomic E-state index is 0.198. The normalized spacial score (nSPS) is 11.1. The van der Waals surface area contributed by atoms with E-state index < -0.39 is 0 Å². The second-order valence-electron chi connectivity index (χ2n) is 4.29. The Labute approximate surface area is 111 Å². The summed E-state index contributed by atoms with van der Waals surface area (Å²) in [4.78, 5) is 0. The van der Waals surface area contributed by atoms with Gasteiger partial charge in [0.2, 0.25) is 0 Å². The molecule has 0 aliphatic carbocycles. The first-order chi connectivity index (χ1) is 9.10. The fourth-order valence-corrected chi connectivity index (χ4v) is 1.80. The predicted molar refractivity (Wildman–Crippen MR) is 74.4 cm³/mol. The van der Waals surface area contributed by atoms with Gasteiger partial charge in [0.15, 0.2) is 11.5 Å². The van der Waals surface area contributed by atoms with Crippen LogP contribution in [0.3, 0.4) is 0 Å². The zero-order valence-corrected chi connectivity index (χ0v) is 10.5. The molecule has 2 aromatic carbocycles. The maximum Gasteiger partial charge on any atom is 0.158 e. The van der Waals surface area contributed by atoms with Crippen molar-refractivity contribution in [2.45, 2.75) is 6.92 Å². The Balaban J connectivity index is 2.45. The average molecular weight is 251 g/mol. The zero-order valence-electron chi connectivity index (χ0n) is 10.5. The first-order valence-corrected chi connectivity index (χ1v) is 5.81. The van der Waals surface area contributed by atoms with Crippen LogP contribution in [-0.4, -0.2) is 10.2 Å². The van der Waals surface area contributed by atoms with Gasteiger partial charge < -0.3 is 10.2 Å². The number of phenols is 2. The molecule has 19 heavy (non-hydrogen) atoms. The van der Waals surface area contributed by atoms with Gasteiger partial charge in [-0.25, -0.2) is 0 Å². The monoisotopic (exact) mass is 251 g/mol. The average Bonchev–Trinajstić information content (AvgIpc) is 2.39. The van der Waals surface area contributed by atoms with Gasteiger partial charge in [-0.05, 0) is 42.3 Å². The number of rotatable bonds is 2. The summed E-state index contributed by atoms with van der Waals surface area (Å²) in [5.74, 6) is -0.431. The molecule has 0 amide bonds. The summed E-state index contributed by atoms with van der Waals surface area (Å²) in [6, 6.07) is 14.2. The Kier molecular flexibility index (Phi) is 3.53. The summed E-state index contributed by atoms with van der Waals surface area (Å²) in [5, 5.41) is 27.9. The van der Waals surface area contributed by atoms with Crippen molar-refractivity contribution in [1.29, 1.82) is 5.26 Å². The number of phenolic OH excluding ortho intramolecular Hbond substituents is 2. The topological polar surface area (TPSA) is 64.2 Å². The van der Waals surface area contributed by atoms with Crippen LogP contribution >= 0.6 is 0 Å². The first-order valence-electron chi connectivity index (χ1n) is 5.81. The van der Waals surface area contributed by atoms with Crippen LogP contribution in [0.25, 0.3) is 11.6 Å². The second kappa shape index (κ2) is 5.28. The molecule has 0 saturated carbocycles. The molecule has 94 valence electrons. The van der Waals surface area contributed by atoms with E-state index in [1.807, 2.05) is 31.2 Å². The number of benzene rings is 2. The van der Waals surface area contributed by atoms with Crippen molar-refractivity contribution in [3.8, 4) is 17.6 Å². The van der Waals surface area contributed by atoms with Gasteiger partial charge in [0.25, 0.3) is 0 Å². The van der Waals surface area contributed by atoms with E-state index in [0.29, 0.717) is 11.1 Å². The fraction of sp³-hybridized carbons (Fsp3) is 0.0625. The molecule has 0 atom stereocenters. The third-order valence-corrected chi connectivity index (χ3v) is 2.76. The van der Waals surface area contributed by atoms with Gasteiger partial charge in [-0.1, -0.05) is 29.8 Å². The molecule has 0 aromatic heterocycles. The van der Waals surface area contributed by atoms with Crippen LogP contribution in [0, 0.1) is 18.3 Å². The Hall–Kier alpha value is -2.73. The van der Waals surface area contributed by atoms with Crippen molar-refractivity contribution in [2.75, 3.05) is 0 Å². The molecule has 0 heterocycles. The van der Waals surface area contributed by atoms with E-state index in [2.05, 4.69) is 6.07 Å². The van der Waals surface area contributed by atoms with E-state index in [1.54, 1.807) is 12.1 Å². The van der Waals surface area contributed by atoms with Gasteiger partial charge in [-0.15, -0.1) is 0 Å². The molecule has 0 bridgehead atoms. The lowest BCUT2D eigenvalue weighted by Gasteiger charge is -2.03. The zero-order chi connectivity index (χ0) is 13.8. The highest BCUT2D eigenvalue weighted by atomic mass is 16.3. The highest BCUT2D eigenvalue weighted by Gasteiger charge is 2.05. The first kappa shape index (κ1) is 12.7. The van der Waals surface area contributed by atoms with Crippen molar-refractivity contribution in [3.63, 3.8) is 0 Å². The lowest BCUT2D eigenvalue weighted by Crippen LogP contribution is -1.83. The fourth-order valence-electron chi connectivity index (χ4n) is 1.80. The molecule has 3 nitrogen and oxygen atoms in total. The van der Waals surface area contributed by atoms with Crippen LogP contribution in [0.5, 0.6) is 11.5 Å². The number of nitrogens with zero attached hydrogens (tertiary/aromatic N) is 1. The van der Waals surface area contributed by atoms with Gasteiger partial charge >= 0.3 is 0 Å². The molecule has 0 fully saturated rings. The van der Waals surface area contributed by atoms with Crippen LogP contribution in [0.2, 0.25) is 0 Å². The van der Waals surface area contributed by atoms with Crippen molar-refractivity contribution in [3.05, 3.63) is 59.2 Å². The summed E-state index contributed by atoms with van der Waals surface area (Å²) in [7, 11) is 0. The lowest BCUT2D eigenvalue weighted by atomic mass is 10.0. The molecular formula is C16H13NO2. The molecular weight excluding hydrogens is 238 g/mol. The van der Waals surface area contributed by atoms with Gasteiger partial charge in [-0.3, -0.25) is 0 Å². The van der Waals surface area contributed by atoms with Gasteiger partial charge in [0.05, 0.1) is 11.6 Å². The Morgan fingerprint density at radius 2 is 1.89 bits per heavy atom. The van der Waals surface area contributed by atoms with E-state index in [-0.39, 0.29) is 11.5 Å². The van der Waals surface area contributed by atoms with Crippen molar-refractivity contribution >= 4 is 11.6 Å². The highest BCUT2D eigenvalue weighted by Crippen LogP contribution is 2.28. The van der Waals surface area contributed by atoms with Gasteiger partial charge in [-0.2, -0.15) is 5.26 Å². The molecule has 0 aliphatic heterocycles. The Bertz CT molecular complexity index is 681. The molecule has 0 spiro atoms. The number of hydrogen-bond acceptors (Lipinski definition) is 3. The Morgan fingerprint density at radius 1 is 1.11 bits per heavy atom. The van der Waals surface area contributed by atoms with E-state index in [1.165, 1.54) is 12.1 Å². The summed E-state index contributed by atoms with van der Waals surface area (Å²) in [5.41, 5.74) is 3.03. The van der Waals surface area contributed by atoms with Crippen LogP contribution in [0.15, 0.2) is 42.5 Å². The second-order valence-corrected chi connectivity index (χ2v) is 4.29. The van der Waals surface area contributed by atoms with Crippen LogP contribution in [0.4, 0.5) is 0 Å². The molecule has 0 radical (unpaired) electrons. The van der Waals surface area contributed by atoms with E-state index >= 15 is 0 Å². The smallest absolute Gasteiger partial charge is 0.158 e. The van der Waals surface area contributed by atoms with Crippen molar-refractivity contribution < 1.29 is 10.2 Å². The van der Waals surface area contributed by atoms with Crippen molar-refractivity contribution in [1.82, 2.24) is 0 Å². The van der Waals surface area contributed by atoms with E-state index in [9.17, 15) is 15.5 Å². The van der Waals surface area contributed by atoms with Crippen molar-refractivity contribution in [2.24, 2.45) is 0 Å².